The van der Waals surface area contributed by atoms with Crippen LogP contribution in [-0.4, -0.2) is 7.11 Å². The molecule has 0 saturated carbocycles. The average molecular weight is 335 g/mol. The first-order valence-electron chi connectivity index (χ1n) is 8.82. The molecule has 2 rings (SSSR count). The van der Waals surface area contributed by atoms with E-state index >= 15 is 0 Å². The van der Waals surface area contributed by atoms with Gasteiger partial charge in [0.15, 0.2) is 0 Å². The first-order chi connectivity index (χ1) is 11.9. The lowest BCUT2D eigenvalue weighted by Crippen LogP contribution is -2.03. The van der Waals surface area contributed by atoms with E-state index in [2.05, 4.69) is 64.2 Å². The van der Waals surface area contributed by atoms with Gasteiger partial charge in [0, 0.05) is 16.9 Å². The predicted molar refractivity (Wildman–Crippen MR) is 109 cm³/mol. The second kappa shape index (κ2) is 8.57. The summed E-state index contributed by atoms with van der Waals surface area (Å²) in [4.78, 5) is 0. The van der Waals surface area contributed by atoms with Crippen LogP contribution in [0.25, 0.3) is 5.70 Å². The van der Waals surface area contributed by atoms with Crippen molar-refractivity contribution in [2.45, 2.75) is 41.0 Å². The van der Waals surface area contributed by atoms with E-state index in [1.165, 1.54) is 27.8 Å². The summed E-state index contributed by atoms with van der Waals surface area (Å²) in [5, 5.41) is 3.60. The Kier molecular flexibility index (Phi) is 6.46. The van der Waals surface area contributed by atoms with Gasteiger partial charge in [-0.25, -0.2) is 0 Å². The molecule has 25 heavy (non-hydrogen) atoms. The van der Waals surface area contributed by atoms with E-state index in [0.717, 1.165) is 23.6 Å². The molecule has 0 aromatic heterocycles. The molecule has 2 heteroatoms. The van der Waals surface area contributed by atoms with Gasteiger partial charge in [-0.2, -0.15) is 0 Å². The van der Waals surface area contributed by atoms with E-state index in [1.54, 1.807) is 7.11 Å². The summed E-state index contributed by atoms with van der Waals surface area (Å²) in [5.41, 5.74) is 8.58. The number of hydrogen-bond donors (Lipinski definition) is 1. The lowest BCUT2D eigenvalue weighted by molar-refractivity contribution is 0.415. The summed E-state index contributed by atoms with van der Waals surface area (Å²) in [6.45, 7) is 10.8. The van der Waals surface area contributed by atoms with Crippen LogP contribution in [0.1, 0.15) is 42.5 Å². The maximum Gasteiger partial charge on any atom is 0.119 e. The second-order valence-corrected chi connectivity index (χ2v) is 6.52. The smallest absolute Gasteiger partial charge is 0.119 e. The molecule has 0 atom stereocenters. The molecule has 0 saturated heterocycles. The minimum Gasteiger partial charge on any atom is -0.497 e. The Morgan fingerprint density at radius 1 is 1.08 bits per heavy atom. The number of rotatable bonds is 6. The Labute approximate surface area is 152 Å². The minimum absolute atomic E-state index is 0.862. The zero-order chi connectivity index (χ0) is 18.4. The molecule has 0 spiro atoms. The highest BCUT2D eigenvalue weighted by atomic mass is 16.5. The number of allylic oxidation sites excluding steroid dienone is 3. The molecule has 0 bridgehead atoms. The fourth-order valence-electron chi connectivity index (χ4n) is 2.94. The van der Waals surface area contributed by atoms with Gasteiger partial charge in [0.05, 0.1) is 7.11 Å². The van der Waals surface area contributed by atoms with E-state index in [9.17, 15) is 0 Å². The lowest BCUT2D eigenvalue weighted by Gasteiger charge is -2.17. The van der Waals surface area contributed by atoms with Gasteiger partial charge in [0.2, 0.25) is 0 Å². The third-order valence-electron chi connectivity index (χ3n) is 4.37. The van der Waals surface area contributed by atoms with Crippen LogP contribution in [0.5, 0.6) is 5.75 Å². The third-order valence-corrected chi connectivity index (χ3v) is 4.37. The highest BCUT2D eigenvalue weighted by Gasteiger charge is 2.09. The van der Waals surface area contributed by atoms with E-state index in [0.29, 0.717) is 0 Å². The predicted octanol–water partition coefficient (Wildman–Crippen LogP) is 6.43. The Hall–Kier alpha value is -2.48. The van der Waals surface area contributed by atoms with E-state index in [4.69, 9.17) is 4.74 Å². The van der Waals surface area contributed by atoms with Crippen molar-refractivity contribution in [1.82, 2.24) is 0 Å². The van der Waals surface area contributed by atoms with E-state index < -0.39 is 0 Å². The zero-order valence-electron chi connectivity index (χ0n) is 16.2. The fourth-order valence-corrected chi connectivity index (χ4v) is 2.94. The minimum atomic E-state index is 0.862. The third kappa shape index (κ3) is 4.99. The van der Waals surface area contributed by atoms with Crippen LogP contribution in [0, 0.1) is 20.8 Å². The molecule has 2 nitrogen and oxygen atoms in total. The largest absolute Gasteiger partial charge is 0.497 e. The molecule has 2 aromatic rings. The van der Waals surface area contributed by atoms with Gasteiger partial charge in [0.25, 0.3) is 0 Å². The van der Waals surface area contributed by atoms with Crippen LogP contribution >= 0.6 is 0 Å². The number of methoxy groups -OCH3 is 1. The second-order valence-electron chi connectivity index (χ2n) is 6.52. The highest BCUT2D eigenvalue weighted by Crippen LogP contribution is 2.27. The number of ether oxygens (including phenoxy) is 1. The summed E-state index contributed by atoms with van der Waals surface area (Å²) in [6.07, 6.45) is 5.51. The van der Waals surface area contributed by atoms with Gasteiger partial charge < -0.3 is 10.1 Å². The van der Waals surface area contributed by atoms with Crippen molar-refractivity contribution in [2.75, 3.05) is 12.4 Å². The summed E-state index contributed by atoms with van der Waals surface area (Å²) < 4.78 is 5.25. The van der Waals surface area contributed by atoms with Crippen molar-refractivity contribution in [3.8, 4) is 5.75 Å². The van der Waals surface area contributed by atoms with Crippen molar-refractivity contribution in [3.05, 3.63) is 76.4 Å². The first-order valence-corrected chi connectivity index (χ1v) is 8.82. The summed E-state index contributed by atoms with van der Waals surface area (Å²) in [5.74, 6) is 0.862. The Bertz CT molecular complexity index is 782. The van der Waals surface area contributed by atoms with E-state index in [1.807, 2.05) is 24.3 Å². The van der Waals surface area contributed by atoms with Crippen LogP contribution in [0.2, 0.25) is 0 Å². The van der Waals surface area contributed by atoms with E-state index in [-0.39, 0.29) is 0 Å². The number of nitrogens with one attached hydrogen (secondary N) is 1. The molecule has 132 valence electrons. The molecule has 0 amide bonds. The monoisotopic (exact) mass is 335 g/mol. The van der Waals surface area contributed by atoms with Crippen molar-refractivity contribution in [2.24, 2.45) is 0 Å². The molecule has 0 fully saturated rings. The number of aryl methyl sites for hydroxylation is 2. The maximum absolute atomic E-state index is 5.25. The topological polar surface area (TPSA) is 21.3 Å². The molecular weight excluding hydrogens is 306 g/mol. The fraction of sp³-hybridized carbons (Fsp3) is 0.304. The zero-order valence-corrected chi connectivity index (χ0v) is 16.2. The standard InChI is InChI=1S/C23H29NO/c1-7-8-16(2)15-23(22-14-17(3)13-18(4)19(22)5)24-20-9-11-21(25-6)12-10-20/h8-15,24H,7H2,1-6H3/b16-8+,23-15+. The molecule has 0 radical (unpaired) electrons. The summed E-state index contributed by atoms with van der Waals surface area (Å²) in [7, 11) is 1.69. The quantitative estimate of drug-likeness (QED) is 0.614. The van der Waals surface area contributed by atoms with Crippen molar-refractivity contribution < 1.29 is 4.74 Å². The lowest BCUT2D eigenvalue weighted by atomic mass is 9.96. The van der Waals surface area contributed by atoms with Crippen molar-refractivity contribution in [1.29, 1.82) is 0 Å². The van der Waals surface area contributed by atoms with Gasteiger partial charge >= 0.3 is 0 Å². The van der Waals surface area contributed by atoms with Crippen molar-refractivity contribution in [3.63, 3.8) is 0 Å². The molecule has 0 aliphatic heterocycles. The number of hydrogen-bond acceptors (Lipinski definition) is 2. The number of benzene rings is 2. The van der Waals surface area contributed by atoms with Crippen LogP contribution in [0.4, 0.5) is 5.69 Å². The van der Waals surface area contributed by atoms with Crippen LogP contribution in [0.3, 0.4) is 0 Å². The molecule has 0 aliphatic rings. The van der Waals surface area contributed by atoms with Crippen LogP contribution in [0.15, 0.2) is 54.1 Å². The van der Waals surface area contributed by atoms with Gasteiger partial charge in [-0.1, -0.05) is 30.2 Å². The van der Waals surface area contributed by atoms with Crippen LogP contribution < -0.4 is 10.1 Å². The molecule has 1 N–H and O–H groups in total. The van der Waals surface area contributed by atoms with Gasteiger partial charge in [-0.05, 0) is 81.7 Å². The summed E-state index contributed by atoms with van der Waals surface area (Å²) >= 11 is 0. The van der Waals surface area contributed by atoms with Crippen LogP contribution in [-0.2, 0) is 0 Å². The van der Waals surface area contributed by atoms with Gasteiger partial charge in [-0.15, -0.1) is 0 Å². The summed E-state index contributed by atoms with van der Waals surface area (Å²) in [6, 6.07) is 12.5. The van der Waals surface area contributed by atoms with Gasteiger partial charge in [0.1, 0.15) is 5.75 Å². The van der Waals surface area contributed by atoms with Crippen molar-refractivity contribution >= 4 is 11.4 Å². The Balaban J connectivity index is 2.48. The normalized spacial score (nSPS) is 12.2. The molecule has 0 unspecified atom stereocenters. The average Bonchev–Trinajstić information content (AvgIpc) is 2.58. The molecule has 0 aliphatic carbocycles. The first kappa shape index (κ1) is 18.9. The molecular formula is C23H29NO. The SMILES string of the molecule is CC/C=C(C)/C=C(/Nc1ccc(OC)cc1)c1cc(C)cc(C)c1C. The number of anilines is 1. The maximum atomic E-state index is 5.25. The molecule has 0 heterocycles. The van der Waals surface area contributed by atoms with Gasteiger partial charge in [-0.3, -0.25) is 0 Å². The highest BCUT2D eigenvalue weighted by molar-refractivity contribution is 5.80. The molecule has 2 aromatic carbocycles. The Morgan fingerprint density at radius 2 is 1.76 bits per heavy atom. The Morgan fingerprint density at radius 3 is 2.36 bits per heavy atom.